The van der Waals surface area contributed by atoms with Gasteiger partial charge in [-0.3, -0.25) is 0 Å². The molecule has 0 spiro atoms. The van der Waals surface area contributed by atoms with Crippen molar-refractivity contribution in [2.24, 2.45) is 0 Å². The summed E-state index contributed by atoms with van der Waals surface area (Å²) in [6, 6.07) is 10.4. The molecule has 1 rings (SSSR count). The Morgan fingerprint density at radius 3 is 2.32 bits per heavy atom. The van der Waals surface area contributed by atoms with Gasteiger partial charge in [0.05, 0.1) is 6.61 Å². The lowest BCUT2D eigenvalue weighted by atomic mass is 10.1. The van der Waals surface area contributed by atoms with Gasteiger partial charge in [-0.05, 0) is 45.7 Å². The summed E-state index contributed by atoms with van der Waals surface area (Å²) in [6.45, 7) is 9.38. The average molecular weight is 263 g/mol. The van der Waals surface area contributed by atoms with Crippen LogP contribution in [0.2, 0.25) is 0 Å². The van der Waals surface area contributed by atoms with Crippen molar-refractivity contribution in [1.82, 2.24) is 5.32 Å². The molecule has 0 bridgehead atoms. The Morgan fingerprint density at radius 2 is 1.63 bits per heavy atom. The van der Waals surface area contributed by atoms with Crippen LogP contribution in [0.25, 0.3) is 0 Å². The Kier molecular flexibility index (Phi) is 7.76. The van der Waals surface area contributed by atoms with Crippen molar-refractivity contribution in [2.45, 2.75) is 58.6 Å². The van der Waals surface area contributed by atoms with Gasteiger partial charge in [0, 0.05) is 12.1 Å². The molecular weight excluding hydrogens is 234 g/mol. The molecule has 1 aromatic rings. The summed E-state index contributed by atoms with van der Waals surface area (Å²) in [6.07, 6.45) is 4.98. The second kappa shape index (κ2) is 9.11. The first-order chi connectivity index (χ1) is 9.08. The fourth-order valence-corrected chi connectivity index (χ4v) is 1.91. The zero-order valence-corrected chi connectivity index (χ0v) is 12.7. The highest BCUT2D eigenvalue weighted by molar-refractivity contribution is 5.13. The van der Waals surface area contributed by atoms with E-state index >= 15 is 0 Å². The Balaban J connectivity index is 1.87. The van der Waals surface area contributed by atoms with Crippen molar-refractivity contribution in [3.63, 3.8) is 0 Å². The molecular formula is C17H29NO. The van der Waals surface area contributed by atoms with Crippen molar-refractivity contribution in [3.05, 3.63) is 35.9 Å². The summed E-state index contributed by atoms with van der Waals surface area (Å²) < 4.78 is 5.66. The van der Waals surface area contributed by atoms with Crippen LogP contribution in [0.15, 0.2) is 30.3 Å². The second-order valence-electron chi connectivity index (χ2n) is 6.13. The van der Waals surface area contributed by atoms with Crippen molar-refractivity contribution in [3.8, 4) is 0 Å². The summed E-state index contributed by atoms with van der Waals surface area (Å²) in [4.78, 5) is 0. The van der Waals surface area contributed by atoms with Crippen LogP contribution in [0, 0.1) is 0 Å². The fraction of sp³-hybridized carbons (Fsp3) is 0.647. The molecule has 1 aromatic carbocycles. The van der Waals surface area contributed by atoms with E-state index in [2.05, 4.69) is 50.4 Å². The van der Waals surface area contributed by atoms with Crippen molar-refractivity contribution in [2.75, 3.05) is 13.2 Å². The molecule has 0 fully saturated rings. The van der Waals surface area contributed by atoms with Crippen molar-refractivity contribution < 1.29 is 4.74 Å². The topological polar surface area (TPSA) is 21.3 Å². The molecule has 2 heteroatoms. The van der Waals surface area contributed by atoms with E-state index in [9.17, 15) is 0 Å². The third kappa shape index (κ3) is 9.69. The van der Waals surface area contributed by atoms with Crippen molar-refractivity contribution in [1.29, 1.82) is 0 Å². The van der Waals surface area contributed by atoms with Gasteiger partial charge in [0.1, 0.15) is 0 Å². The smallest absolute Gasteiger partial charge is 0.0716 e. The van der Waals surface area contributed by atoms with E-state index in [0.717, 1.165) is 19.8 Å². The molecule has 0 aliphatic carbocycles. The van der Waals surface area contributed by atoms with Gasteiger partial charge in [-0.25, -0.2) is 0 Å². The quantitative estimate of drug-likeness (QED) is 0.676. The summed E-state index contributed by atoms with van der Waals surface area (Å²) >= 11 is 0. The molecule has 0 heterocycles. The van der Waals surface area contributed by atoms with Crippen LogP contribution >= 0.6 is 0 Å². The van der Waals surface area contributed by atoms with E-state index in [1.165, 1.54) is 31.2 Å². The molecule has 0 atom stereocenters. The number of benzene rings is 1. The maximum absolute atomic E-state index is 5.66. The van der Waals surface area contributed by atoms with Crippen LogP contribution in [0.1, 0.15) is 52.0 Å². The molecule has 0 saturated heterocycles. The minimum Gasteiger partial charge on any atom is -0.377 e. The molecule has 0 unspecified atom stereocenters. The Labute approximate surface area is 118 Å². The Hall–Kier alpha value is -0.860. The second-order valence-corrected chi connectivity index (χ2v) is 6.13. The van der Waals surface area contributed by atoms with Gasteiger partial charge >= 0.3 is 0 Å². The van der Waals surface area contributed by atoms with Crippen LogP contribution in [-0.2, 0) is 11.3 Å². The number of hydrogen-bond donors (Lipinski definition) is 1. The summed E-state index contributed by atoms with van der Waals surface area (Å²) in [5.41, 5.74) is 1.51. The predicted molar refractivity (Wildman–Crippen MR) is 82.3 cm³/mol. The van der Waals surface area contributed by atoms with Gasteiger partial charge in [-0.1, -0.05) is 43.2 Å². The van der Waals surface area contributed by atoms with E-state index in [-0.39, 0.29) is 5.54 Å². The maximum Gasteiger partial charge on any atom is 0.0716 e. The summed E-state index contributed by atoms with van der Waals surface area (Å²) in [5.74, 6) is 0. The first-order valence-corrected chi connectivity index (χ1v) is 7.45. The first kappa shape index (κ1) is 16.2. The Bertz CT molecular complexity index is 316. The van der Waals surface area contributed by atoms with Crippen LogP contribution in [0.4, 0.5) is 0 Å². The van der Waals surface area contributed by atoms with Crippen LogP contribution in [0.5, 0.6) is 0 Å². The number of unbranched alkanes of at least 4 members (excludes halogenated alkanes) is 3. The molecule has 0 aromatic heterocycles. The third-order valence-corrected chi connectivity index (χ3v) is 2.98. The largest absolute Gasteiger partial charge is 0.377 e. The zero-order chi connectivity index (χ0) is 14.0. The molecule has 1 N–H and O–H groups in total. The maximum atomic E-state index is 5.66. The van der Waals surface area contributed by atoms with E-state index < -0.39 is 0 Å². The average Bonchev–Trinajstić information content (AvgIpc) is 2.37. The van der Waals surface area contributed by atoms with Gasteiger partial charge in [-0.15, -0.1) is 0 Å². The van der Waals surface area contributed by atoms with E-state index in [1.54, 1.807) is 0 Å². The highest BCUT2D eigenvalue weighted by Gasteiger charge is 2.06. The molecule has 0 amide bonds. The molecule has 0 radical (unpaired) electrons. The normalized spacial score (nSPS) is 11.7. The molecule has 0 aliphatic rings. The molecule has 108 valence electrons. The highest BCUT2D eigenvalue weighted by atomic mass is 16.5. The number of nitrogens with one attached hydrogen (secondary N) is 1. The number of rotatable bonds is 9. The summed E-state index contributed by atoms with van der Waals surface area (Å²) in [7, 11) is 0. The lowest BCUT2D eigenvalue weighted by molar-refractivity contribution is 0.116. The van der Waals surface area contributed by atoms with Gasteiger partial charge in [0.2, 0.25) is 0 Å². The lowest BCUT2D eigenvalue weighted by Gasteiger charge is -2.20. The standard InChI is InChI=1S/C17H29NO/c1-17(2,3)18-13-9-4-5-10-14-19-15-16-11-7-6-8-12-16/h6-8,11-12,18H,4-5,9-10,13-15H2,1-3H3. The fourth-order valence-electron chi connectivity index (χ4n) is 1.91. The molecule has 0 saturated carbocycles. The predicted octanol–water partition coefficient (Wildman–Crippen LogP) is 4.15. The SMILES string of the molecule is CC(C)(C)NCCCCCCOCc1ccccc1. The van der Waals surface area contributed by atoms with Gasteiger partial charge in [0.25, 0.3) is 0 Å². The third-order valence-electron chi connectivity index (χ3n) is 2.98. The zero-order valence-electron chi connectivity index (χ0n) is 12.7. The van der Waals surface area contributed by atoms with E-state index in [0.29, 0.717) is 0 Å². The Morgan fingerprint density at radius 1 is 0.947 bits per heavy atom. The molecule has 2 nitrogen and oxygen atoms in total. The molecule has 0 aliphatic heterocycles. The van der Waals surface area contributed by atoms with Crippen LogP contribution in [0.3, 0.4) is 0 Å². The number of ether oxygens (including phenoxy) is 1. The highest BCUT2D eigenvalue weighted by Crippen LogP contribution is 2.04. The summed E-state index contributed by atoms with van der Waals surface area (Å²) in [5, 5.41) is 3.51. The van der Waals surface area contributed by atoms with Gasteiger partial charge < -0.3 is 10.1 Å². The molecule has 19 heavy (non-hydrogen) atoms. The minimum absolute atomic E-state index is 0.249. The number of hydrogen-bond acceptors (Lipinski definition) is 2. The first-order valence-electron chi connectivity index (χ1n) is 7.45. The van der Waals surface area contributed by atoms with Crippen LogP contribution in [-0.4, -0.2) is 18.7 Å². The lowest BCUT2D eigenvalue weighted by Crippen LogP contribution is -2.36. The van der Waals surface area contributed by atoms with E-state index in [4.69, 9.17) is 4.74 Å². The van der Waals surface area contributed by atoms with Gasteiger partial charge in [-0.2, -0.15) is 0 Å². The van der Waals surface area contributed by atoms with Crippen molar-refractivity contribution >= 4 is 0 Å². The van der Waals surface area contributed by atoms with Gasteiger partial charge in [0.15, 0.2) is 0 Å². The monoisotopic (exact) mass is 263 g/mol. The van der Waals surface area contributed by atoms with E-state index in [1.807, 2.05) is 6.07 Å². The van der Waals surface area contributed by atoms with Crippen LogP contribution < -0.4 is 5.32 Å². The minimum atomic E-state index is 0.249.